The van der Waals surface area contributed by atoms with Gasteiger partial charge < -0.3 is 19.3 Å². The molecule has 0 unspecified atom stereocenters. The minimum Gasteiger partial charge on any atom is -0.485 e. The smallest absolute Gasteiger partial charge is 0.267 e. The largest absolute Gasteiger partial charge is 0.485 e. The number of rotatable bonds is 3. The third kappa shape index (κ3) is 3.74. The molecule has 2 aliphatic heterocycles. The molecule has 0 spiro atoms. The molecular weight excluding hydrogens is 356 g/mol. The monoisotopic (exact) mass is 382 g/mol. The lowest BCUT2D eigenvalue weighted by molar-refractivity contribution is -0.141. The third-order valence-electron chi connectivity index (χ3n) is 5.07. The Labute approximate surface area is 165 Å². The second-order valence-electron chi connectivity index (χ2n) is 7.56. The summed E-state index contributed by atoms with van der Waals surface area (Å²) >= 11 is 0. The molecule has 3 heterocycles. The summed E-state index contributed by atoms with van der Waals surface area (Å²) in [4.78, 5) is 26.2. The molecule has 28 heavy (non-hydrogen) atoms. The van der Waals surface area contributed by atoms with Gasteiger partial charge in [-0.3, -0.25) is 4.79 Å². The normalized spacial score (nSPS) is 19.1. The zero-order valence-corrected chi connectivity index (χ0v) is 16.6. The van der Waals surface area contributed by atoms with E-state index in [1.54, 1.807) is 0 Å². The van der Waals surface area contributed by atoms with E-state index in [-0.39, 0.29) is 18.4 Å². The molecular formula is C21H26N4O3. The van der Waals surface area contributed by atoms with Crippen LogP contribution in [0.3, 0.4) is 0 Å². The number of hydrogen-bond acceptors (Lipinski definition) is 6. The molecule has 0 radical (unpaired) electrons. The lowest BCUT2D eigenvalue weighted by atomic mass is 10.2. The van der Waals surface area contributed by atoms with Crippen LogP contribution in [0.5, 0.6) is 11.5 Å². The fourth-order valence-electron chi connectivity index (χ4n) is 3.50. The van der Waals surface area contributed by atoms with Gasteiger partial charge in [-0.15, -0.1) is 0 Å². The van der Waals surface area contributed by atoms with Gasteiger partial charge in [0.05, 0.1) is 0 Å². The van der Waals surface area contributed by atoms with Crippen LogP contribution in [0.1, 0.15) is 31.3 Å². The number of carbonyl (C=O) groups excluding carboxylic acids is 1. The van der Waals surface area contributed by atoms with Crippen LogP contribution in [0.15, 0.2) is 30.3 Å². The molecule has 7 heteroatoms. The molecule has 1 fully saturated rings. The van der Waals surface area contributed by atoms with Crippen LogP contribution >= 0.6 is 0 Å². The number of benzene rings is 1. The summed E-state index contributed by atoms with van der Waals surface area (Å²) in [7, 11) is 0. The lowest BCUT2D eigenvalue weighted by Gasteiger charge is -2.37. The van der Waals surface area contributed by atoms with E-state index in [1.165, 1.54) is 0 Å². The van der Waals surface area contributed by atoms with Gasteiger partial charge in [0.2, 0.25) is 6.10 Å². The van der Waals surface area contributed by atoms with Crippen molar-refractivity contribution in [2.45, 2.75) is 32.8 Å². The van der Waals surface area contributed by atoms with Gasteiger partial charge in [-0.25, -0.2) is 9.97 Å². The number of amides is 1. The highest BCUT2D eigenvalue weighted by Crippen LogP contribution is 2.31. The Morgan fingerprint density at radius 2 is 1.82 bits per heavy atom. The van der Waals surface area contributed by atoms with Gasteiger partial charge in [-0.05, 0) is 19.1 Å². The molecule has 1 aromatic heterocycles. The van der Waals surface area contributed by atoms with Gasteiger partial charge in [-0.1, -0.05) is 26.0 Å². The summed E-state index contributed by atoms with van der Waals surface area (Å²) in [6, 6.07) is 9.46. The third-order valence-corrected chi connectivity index (χ3v) is 5.07. The Kier molecular flexibility index (Phi) is 5.07. The minimum atomic E-state index is -0.588. The van der Waals surface area contributed by atoms with E-state index >= 15 is 0 Å². The number of para-hydroxylation sites is 2. The molecule has 0 aliphatic carbocycles. The Bertz CT molecular complexity index is 862. The van der Waals surface area contributed by atoms with Crippen molar-refractivity contribution in [2.75, 3.05) is 37.7 Å². The Balaban J connectivity index is 1.39. The minimum absolute atomic E-state index is 0.0177. The number of hydrogen-bond donors (Lipinski definition) is 0. The molecule has 2 aromatic rings. The number of ether oxygens (including phenoxy) is 2. The average molecular weight is 382 g/mol. The zero-order chi connectivity index (χ0) is 19.7. The van der Waals surface area contributed by atoms with Crippen molar-refractivity contribution >= 4 is 11.7 Å². The lowest BCUT2D eigenvalue weighted by Crippen LogP contribution is -2.54. The molecule has 2 aliphatic rings. The van der Waals surface area contributed by atoms with Crippen LogP contribution in [0.2, 0.25) is 0 Å². The van der Waals surface area contributed by atoms with Crippen molar-refractivity contribution in [3.8, 4) is 11.5 Å². The summed E-state index contributed by atoms with van der Waals surface area (Å²) in [5.41, 5.74) is 0.971. The van der Waals surface area contributed by atoms with E-state index in [2.05, 4.69) is 23.7 Å². The van der Waals surface area contributed by atoms with Crippen LogP contribution in [0.25, 0.3) is 0 Å². The van der Waals surface area contributed by atoms with Crippen molar-refractivity contribution < 1.29 is 14.3 Å². The molecule has 1 amide bonds. The molecule has 1 saturated heterocycles. The van der Waals surface area contributed by atoms with Crippen LogP contribution in [-0.2, 0) is 4.79 Å². The van der Waals surface area contributed by atoms with Crippen molar-refractivity contribution in [1.82, 2.24) is 14.9 Å². The first-order valence-electron chi connectivity index (χ1n) is 9.79. The van der Waals surface area contributed by atoms with Crippen LogP contribution in [0.4, 0.5) is 5.82 Å². The number of nitrogens with zero attached hydrogens (tertiary/aromatic N) is 4. The van der Waals surface area contributed by atoms with Crippen molar-refractivity contribution in [2.24, 2.45) is 0 Å². The number of fused-ring (bicyclic) bond motifs is 1. The standard InChI is InChI=1S/C21H26N4O3/c1-14(2)20-22-15(3)12-19(23-20)24-8-10-25(11-9-24)21(26)18-13-27-16-6-4-5-7-17(16)28-18/h4-7,12,14,18H,8-11,13H2,1-3H3/t18-/m1/s1. The predicted molar refractivity (Wildman–Crippen MR) is 106 cm³/mol. The van der Waals surface area contributed by atoms with Crippen LogP contribution in [-0.4, -0.2) is 59.7 Å². The summed E-state index contributed by atoms with van der Waals surface area (Å²) in [6.45, 7) is 9.20. The van der Waals surface area contributed by atoms with E-state index < -0.39 is 6.10 Å². The first-order valence-corrected chi connectivity index (χ1v) is 9.79. The van der Waals surface area contributed by atoms with E-state index in [0.29, 0.717) is 24.6 Å². The molecule has 1 atom stereocenters. The molecule has 0 saturated carbocycles. The zero-order valence-electron chi connectivity index (χ0n) is 16.6. The number of aromatic nitrogens is 2. The van der Waals surface area contributed by atoms with E-state index in [1.807, 2.05) is 42.2 Å². The molecule has 148 valence electrons. The first-order chi connectivity index (χ1) is 13.5. The Morgan fingerprint density at radius 3 is 2.54 bits per heavy atom. The Hall–Kier alpha value is -2.83. The van der Waals surface area contributed by atoms with E-state index in [9.17, 15) is 4.79 Å². The quantitative estimate of drug-likeness (QED) is 0.812. The van der Waals surface area contributed by atoms with Crippen LogP contribution < -0.4 is 14.4 Å². The molecule has 0 bridgehead atoms. The average Bonchev–Trinajstić information content (AvgIpc) is 2.72. The first kappa shape index (κ1) is 18.5. The highest BCUT2D eigenvalue weighted by molar-refractivity contribution is 5.82. The summed E-state index contributed by atoms with van der Waals surface area (Å²) < 4.78 is 11.6. The topological polar surface area (TPSA) is 67.8 Å². The number of carbonyl (C=O) groups is 1. The van der Waals surface area contributed by atoms with Crippen molar-refractivity contribution in [1.29, 1.82) is 0 Å². The molecule has 0 N–H and O–H groups in total. The maximum Gasteiger partial charge on any atom is 0.267 e. The number of anilines is 1. The fraction of sp³-hybridized carbons (Fsp3) is 0.476. The van der Waals surface area contributed by atoms with Gasteiger partial charge in [0.15, 0.2) is 11.5 Å². The maximum atomic E-state index is 12.9. The number of piperazine rings is 1. The summed E-state index contributed by atoms with van der Waals surface area (Å²) in [5.74, 6) is 3.39. The Morgan fingerprint density at radius 1 is 1.11 bits per heavy atom. The van der Waals surface area contributed by atoms with Gasteiger partial charge in [0, 0.05) is 43.9 Å². The molecule has 4 rings (SSSR count). The molecule has 7 nitrogen and oxygen atoms in total. The fourth-order valence-corrected chi connectivity index (χ4v) is 3.50. The summed E-state index contributed by atoms with van der Waals surface area (Å²) in [5, 5.41) is 0. The van der Waals surface area contributed by atoms with E-state index in [0.717, 1.165) is 30.4 Å². The molecule has 1 aromatic carbocycles. The van der Waals surface area contributed by atoms with E-state index in [4.69, 9.17) is 14.5 Å². The van der Waals surface area contributed by atoms with Gasteiger partial charge >= 0.3 is 0 Å². The van der Waals surface area contributed by atoms with Gasteiger partial charge in [0.25, 0.3) is 5.91 Å². The SMILES string of the molecule is Cc1cc(N2CCN(C(=O)[C@H]3COc4ccccc4O3)CC2)nc(C(C)C)n1. The highest BCUT2D eigenvalue weighted by atomic mass is 16.6. The predicted octanol–water partition coefficient (Wildman–Crippen LogP) is 2.40. The maximum absolute atomic E-state index is 12.9. The van der Waals surface area contributed by atoms with Crippen molar-refractivity contribution in [3.63, 3.8) is 0 Å². The van der Waals surface area contributed by atoms with Crippen molar-refractivity contribution in [3.05, 3.63) is 41.9 Å². The second-order valence-corrected chi connectivity index (χ2v) is 7.56. The number of aryl methyl sites for hydroxylation is 1. The highest BCUT2D eigenvalue weighted by Gasteiger charge is 2.33. The van der Waals surface area contributed by atoms with Gasteiger partial charge in [0.1, 0.15) is 18.2 Å². The summed E-state index contributed by atoms with van der Waals surface area (Å²) in [6.07, 6.45) is -0.588. The second kappa shape index (κ2) is 7.66. The van der Waals surface area contributed by atoms with Gasteiger partial charge in [-0.2, -0.15) is 0 Å². The van der Waals surface area contributed by atoms with Crippen LogP contribution in [0, 0.1) is 6.92 Å².